The van der Waals surface area contributed by atoms with E-state index in [1.807, 2.05) is 24.3 Å². The summed E-state index contributed by atoms with van der Waals surface area (Å²) in [7, 11) is 0. The fraction of sp³-hybridized carbons (Fsp3) is 0.111. The third-order valence-corrected chi connectivity index (χ3v) is 5.79. The number of halogens is 1. The summed E-state index contributed by atoms with van der Waals surface area (Å²) in [6, 6.07) is 10.7. The highest BCUT2D eigenvalue weighted by atomic mass is 79.9. The first kappa shape index (κ1) is 16.7. The third-order valence-electron chi connectivity index (χ3n) is 3.53. The van der Waals surface area contributed by atoms with Crippen LogP contribution in [0.2, 0.25) is 0 Å². The summed E-state index contributed by atoms with van der Waals surface area (Å²) in [6.45, 7) is 5.79. The number of carbonyl (C=O) groups is 1. The fourth-order valence-corrected chi connectivity index (χ4v) is 4.34. The highest BCUT2D eigenvalue weighted by Crippen LogP contribution is 2.36. The van der Waals surface area contributed by atoms with Gasteiger partial charge in [0.25, 0.3) is 5.56 Å². The number of carbonyl (C=O) groups excluding carboxylic acids is 1. The van der Waals surface area contributed by atoms with Crippen LogP contribution in [0.4, 0.5) is 0 Å². The van der Waals surface area contributed by atoms with Crippen molar-refractivity contribution in [3.05, 3.63) is 68.2 Å². The average molecular weight is 404 g/mol. The van der Waals surface area contributed by atoms with Gasteiger partial charge in [0.2, 0.25) is 0 Å². The molecule has 0 saturated heterocycles. The zero-order valence-electron chi connectivity index (χ0n) is 12.9. The van der Waals surface area contributed by atoms with Gasteiger partial charge in [-0.15, -0.1) is 11.3 Å². The minimum absolute atomic E-state index is 0.155. The van der Waals surface area contributed by atoms with Gasteiger partial charge in [-0.2, -0.15) is 0 Å². The molecule has 3 rings (SSSR count). The summed E-state index contributed by atoms with van der Waals surface area (Å²) in [5, 5.41) is 0.801. The molecule has 2 heterocycles. The Morgan fingerprint density at radius 1 is 1.29 bits per heavy atom. The minimum Gasteiger partial charge on any atom is -0.462 e. The fourth-order valence-electron chi connectivity index (χ4n) is 2.38. The van der Waals surface area contributed by atoms with Crippen molar-refractivity contribution in [2.75, 3.05) is 6.61 Å². The van der Waals surface area contributed by atoms with Crippen molar-refractivity contribution in [1.29, 1.82) is 0 Å². The van der Waals surface area contributed by atoms with Crippen LogP contribution in [0.5, 0.6) is 0 Å². The van der Waals surface area contributed by atoms with E-state index in [1.54, 1.807) is 23.6 Å². The summed E-state index contributed by atoms with van der Waals surface area (Å²) >= 11 is 4.70. The normalized spacial score (nSPS) is 10.8. The molecule has 122 valence electrons. The van der Waals surface area contributed by atoms with E-state index in [2.05, 4.69) is 22.5 Å². The molecule has 0 aliphatic rings. The second-order valence-corrected chi connectivity index (χ2v) is 6.78. The monoisotopic (exact) mass is 403 g/mol. The van der Waals surface area contributed by atoms with Gasteiger partial charge in [0.1, 0.15) is 9.71 Å². The average Bonchev–Trinajstić information content (AvgIpc) is 2.92. The SMILES string of the molecule is C=Cc1ccc(-n2c(=O)ccc3c(Br)c(C(=O)OCC)sc32)cc1. The van der Waals surface area contributed by atoms with Crippen LogP contribution in [0.15, 0.2) is 52.2 Å². The molecule has 0 aliphatic carbocycles. The van der Waals surface area contributed by atoms with E-state index in [0.29, 0.717) is 20.8 Å². The summed E-state index contributed by atoms with van der Waals surface area (Å²) < 4.78 is 7.34. The van der Waals surface area contributed by atoms with Crippen molar-refractivity contribution in [2.24, 2.45) is 0 Å². The predicted octanol–water partition coefficient (Wildman–Crippen LogP) is 4.63. The van der Waals surface area contributed by atoms with Crippen molar-refractivity contribution in [3.8, 4) is 5.69 Å². The number of nitrogens with zero attached hydrogens (tertiary/aromatic N) is 1. The van der Waals surface area contributed by atoms with E-state index in [4.69, 9.17) is 4.74 Å². The second kappa shape index (κ2) is 6.75. The molecule has 4 nitrogen and oxygen atoms in total. The van der Waals surface area contributed by atoms with Gasteiger partial charge in [-0.3, -0.25) is 9.36 Å². The number of ether oxygens (including phenoxy) is 1. The van der Waals surface area contributed by atoms with Gasteiger partial charge in [-0.1, -0.05) is 24.8 Å². The third kappa shape index (κ3) is 2.83. The van der Waals surface area contributed by atoms with Crippen LogP contribution in [-0.4, -0.2) is 17.1 Å². The standard InChI is InChI=1S/C18H14BrNO3S/c1-3-11-5-7-12(8-6-11)20-14(21)10-9-13-15(19)16(24-17(13)20)18(22)23-4-2/h3,5-10H,1,4H2,2H3. The minimum atomic E-state index is -0.397. The van der Waals surface area contributed by atoms with Crippen LogP contribution < -0.4 is 5.56 Å². The highest BCUT2D eigenvalue weighted by Gasteiger charge is 2.20. The molecule has 0 saturated carbocycles. The summed E-state index contributed by atoms with van der Waals surface area (Å²) in [5.41, 5.74) is 1.55. The zero-order chi connectivity index (χ0) is 17.3. The first-order chi connectivity index (χ1) is 11.6. The molecule has 0 fully saturated rings. The maximum absolute atomic E-state index is 12.4. The molecule has 3 aromatic rings. The zero-order valence-corrected chi connectivity index (χ0v) is 15.3. The molecule has 1 aromatic carbocycles. The van der Waals surface area contributed by atoms with Crippen LogP contribution in [-0.2, 0) is 4.74 Å². The Kier molecular flexibility index (Phi) is 4.69. The number of pyridine rings is 1. The van der Waals surface area contributed by atoms with Gasteiger partial charge in [0, 0.05) is 11.5 Å². The number of hydrogen-bond donors (Lipinski definition) is 0. The number of thiophene rings is 1. The Labute approximate surface area is 151 Å². The van der Waals surface area contributed by atoms with Crippen LogP contribution in [0.1, 0.15) is 22.2 Å². The van der Waals surface area contributed by atoms with E-state index in [-0.39, 0.29) is 5.56 Å². The van der Waals surface area contributed by atoms with Crippen molar-refractivity contribution >= 4 is 49.5 Å². The summed E-state index contributed by atoms with van der Waals surface area (Å²) in [6.07, 6.45) is 1.74. The molecular weight excluding hydrogens is 390 g/mol. The smallest absolute Gasteiger partial charge is 0.349 e. The van der Waals surface area contributed by atoms with E-state index in [0.717, 1.165) is 16.6 Å². The molecule has 0 radical (unpaired) electrons. The Hall–Kier alpha value is -2.18. The number of fused-ring (bicyclic) bond motifs is 1. The van der Waals surface area contributed by atoms with Crippen molar-refractivity contribution in [2.45, 2.75) is 6.92 Å². The van der Waals surface area contributed by atoms with Crippen LogP contribution >= 0.6 is 27.3 Å². The summed E-state index contributed by atoms with van der Waals surface area (Å²) in [4.78, 5) is 25.7. The molecule has 0 N–H and O–H groups in total. The van der Waals surface area contributed by atoms with Gasteiger partial charge in [-0.05, 0) is 46.6 Å². The van der Waals surface area contributed by atoms with Gasteiger partial charge < -0.3 is 4.74 Å². The lowest BCUT2D eigenvalue weighted by molar-refractivity contribution is 0.0531. The molecule has 0 amide bonds. The number of rotatable bonds is 4. The molecule has 6 heteroatoms. The molecule has 2 aromatic heterocycles. The first-order valence-electron chi connectivity index (χ1n) is 7.31. The Balaban J connectivity index is 2.25. The Morgan fingerprint density at radius 3 is 2.62 bits per heavy atom. The van der Waals surface area contributed by atoms with Gasteiger partial charge in [0.05, 0.1) is 16.8 Å². The van der Waals surface area contributed by atoms with Crippen molar-refractivity contribution in [3.63, 3.8) is 0 Å². The molecular formula is C18H14BrNO3S. The summed E-state index contributed by atoms with van der Waals surface area (Å²) in [5.74, 6) is -0.397. The quantitative estimate of drug-likeness (QED) is 0.596. The molecule has 0 unspecified atom stereocenters. The number of esters is 1. The van der Waals surface area contributed by atoms with Crippen LogP contribution in [0.3, 0.4) is 0 Å². The topological polar surface area (TPSA) is 48.3 Å². The van der Waals surface area contributed by atoms with Crippen LogP contribution in [0.25, 0.3) is 22.0 Å². The lowest BCUT2D eigenvalue weighted by atomic mass is 10.2. The van der Waals surface area contributed by atoms with E-state index < -0.39 is 5.97 Å². The van der Waals surface area contributed by atoms with Gasteiger partial charge >= 0.3 is 5.97 Å². The maximum atomic E-state index is 12.4. The van der Waals surface area contributed by atoms with E-state index in [9.17, 15) is 9.59 Å². The lowest BCUT2D eigenvalue weighted by Crippen LogP contribution is -2.16. The maximum Gasteiger partial charge on any atom is 0.349 e. The van der Waals surface area contributed by atoms with E-state index >= 15 is 0 Å². The van der Waals surface area contributed by atoms with Crippen molar-refractivity contribution in [1.82, 2.24) is 4.57 Å². The van der Waals surface area contributed by atoms with Crippen molar-refractivity contribution < 1.29 is 9.53 Å². The van der Waals surface area contributed by atoms with E-state index in [1.165, 1.54) is 17.4 Å². The van der Waals surface area contributed by atoms with Crippen LogP contribution in [0, 0.1) is 0 Å². The first-order valence-corrected chi connectivity index (χ1v) is 8.91. The Bertz CT molecular complexity index is 986. The Morgan fingerprint density at radius 2 is 2.00 bits per heavy atom. The second-order valence-electron chi connectivity index (χ2n) is 4.99. The van der Waals surface area contributed by atoms with Gasteiger partial charge in [0.15, 0.2) is 0 Å². The highest BCUT2D eigenvalue weighted by molar-refractivity contribution is 9.10. The molecule has 24 heavy (non-hydrogen) atoms. The number of hydrogen-bond acceptors (Lipinski definition) is 4. The predicted molar refractivity (Wildman–Crippen MR) is 101 cm³/mol. The lowest BCUT2D eigenvalue weighted by Gasteiger charge is -2.07. The molecule has 0 atom stereocenters. The molecule has 0 bridgehead atoms. The number of aromatic nitrogens is 1. The number of benzene rings is 1. The largest absolute Gasteiger partial charge is 0.462 e. The molecule has 0 spiro atoms. The molecule has 0 aliphatic heterocycles. The van der Waals surface area contributed by atoms with Gasteiger partial charge in [-0.25, -0.2) is 4.79 Å².